The van der Waals surface area contributed by atoms with Crippen LogP contribution in [0, 0.1) is 23.3 Å². The molecule has 1 aromatic carbocycles. The number of benzene rings is 1. The Morgan fingerprint density at radius 2 is 1.85 bits per heavy atom. The minimum Gasteiger partial charge on any atom is -0.506 e. The molecule has 5 nitrogen and oxygen atoms in total. The van der Waals surface area contributed by atoms with E-state index in [-0.39, 0.29) is 19.3 Å². The van der Waals surface area contributed by atoms with Crippen molar-refractivity contribution in [2.45, 2.75) is 38.1 Å². The van der Waals surface area contributed by atoms with Gasteiger partial charge < -0.3 is 14.9 Å². The van der Waals surface area contributed by atoms with Gasteiger partial charge in [0.2, 0.25) is 0 Å². The lowest BCUT2D eigenvalue weighted by Gasteiger charge is -2.21. The van der Waals surface area contributed by atoms with E-state index in [0.29, 0.717) is 12.8 Å². The molecule has 0 radical (unpaired) electrons. The molecule has 1 aromatic rings. The maximum absolute atomic E-state index is 14.0. The number of nitrogens with zero attached hydrogens (tertiary/aromatic N) is 1. The van der Waals surface area contributed by atoms with Crippen molar-refractivity contribution in [1.29, 1.82) is 0 Å². The largest absolute Gasteiger partial charge is 0.506 e. The lowest BCUT2D eigenvalue weighted by Crippen LogP contribution is -2.27. The zero-order valence-electron chi connectivity index (χ0n) is 14.6. The number of rotatable bonds is 6. The van der Waals surface area contributed by atoms with Gasteiger partial charge in [0.15, 0.2) is 23.3 Å². The van der Waals surface area contributed by atoms with Gasteiger partial charge in [0.05, 0.1) is 24.3 Å². The van der Waals surface area contributed by atoms with Crippen molar-refractivity contribution in [3.05, 3.63) is 40.5 Å². The van der Waals surface area contributed by atoms with Crippen LogP contribution in [0.3, 0.4) is 0 Å². The molecule has 2 rings (SSSR count). The first-order valence-electron chi connectivity index (χ1n) is 8.36. The molecule has 0 unspecified atom stereocenters. The highest BCUT2D eigenvalue weighted by Crippen LogP contribution is 2.33. The number of ether oxygens (including phenoxy) is 1. The summed E-state index contributed by atoms with van der Waals surface area (Å²) in [5.41, 5.74) is -2.58. The van der Waals surface area contributed by atoms with Crippen LogP contribution in [0.1, 0.15) is 38.2 Å². The summed E-state index contributed by atoms with van der Waals surface area (Å²) in [5, 5.41) is 19.8. The monoisotopic (exact) mass is 389 g/mol. The number of aliphatic hydroxyl groups excluding tert-OH is 2. The van der Waals surface area contributed by atoms with Crippen molar-refractivity contribution in [2.24, 2.45) is 4.99 Å². The number of aliphatic hydroxyl groups is 2. The Balaban J connectivity index is 2.57. The molecule has 2 N–H and O–H groups in total. The van der Waals surface area contributed by atoms with Crippen LogP contribution in [0.15, 0.2) is 16.6 Å². The van der Waals surface area contributed by atoms with Gasteiger partial charge in [0.1, 0.15) is 11.3 Å². The van der Waals surface area contributed by atoms with Crippen molar-refractivity contribution in [2.75, 3.05) is 13.2 Å². The quantitative estimate of drug-likeness (QED) is 0.149. The first-order chi connectivity index (χ1) is 12.8. The fraction of sp³-hybridized carbons (Fsp3) is 0.444. The summed E-state index contributed by atoms with van der Waals surface area (Å²) in [7, 11) is 0. The van der Waals surface area contributed by atoms with Gasteiger partial charge >= 0.3 is 5.97 Å². The van der Waals surface area contributed by atoms with Gasteiger partial charge in [0, 0.05) is 6.21 Å². The molecule has 27 heavy (non-hydrogen) atoms. The van der Waals surface area contributed by atoms with Gasteiger partial charge in [-0.05, 0) is 25.8 Å². The van der Waals surface area contributed by atoms with E-state index in [9.17, 15) is 32.6 Å². The maximum Gasteiger partial charge on any atom is 0.343 e. The number of hydrogen-bond donors (Lipinski definition) is 2. The first-order valence-corrected chi connectivity index (χ1v) is 8.36. The summed E-state index contributed by atoms with van der Waals surface area (Å²) < 4.78 is 58.8. The second-order valence-corrected chi connectivity index (χ2v) is 6.18. The minimum absolute atomic E-state index is 0.0940. The molecule has 0 saturated heterocycles. The number of carbonyl (C=O) groups is 1. The summed E-state index contributed by atoms with van der Waals surface area (Å²) in [5.74, 6) is -10.0. The van der Waals surface area contributed by atoms with Crippen molar-refractivity contribution < 1.29 is 37.3 Å². The predicted molar refractivity (Wildman–Crippen MR) is 89.2 cm³/mol. The van der Waals surface area contributed by atoms with E-state index in [0.717, 1.165) is 19.1 Å². The summed E-state index contributed by atoms with van der Waals surface area (Å²) in [6, 6.07) is 0.230. The number of esters is 1. The van der Waals surface area contributed by atoms with E-state index in [1.807, 2.05) is 0 Å². The molecular formula is C18H19F4NO4. The van der Waals surface area contributed by atoms with Crippen molar-refractivity contribution >= 4 is 17.9 Å². The average molecular weight is 389 g/mol. The van der Waals surface area contributed by atoms with Crippen LogP contribution in [-0.4, -0.2) is 41.1 Å². The smallest absolute Gasteiger partial charge is 0.343 e. The highest BCUT2D eigenvalue weighted by molar-refractivity contribution is 6.15. The van der Waals surface area contributed by atoms with Crippen LogP contribution < -0.4 is 0 Å². The van der Waals surface area contributed by atoms with Crippen LogP contribution in [0.2, 0.25) is 0 Å². The van der Waals surface area contributed by atoms with Gasteiger partial charge in [-0.3, -0.25) is 4.99 Å². The molecule has 9 heteroatoms. The molecule has 1 aliphatic carbocycles. The topological polar surface area (TPSA) is 79.1 Å². The molecule has 0 aromatic heterocycles. The molecule has 1 saturated carbocycles. The molecule has 1 fully saturated rings. The first kappa shape index (κ1) is 20.9. The van der Waals surface area contributed by atoms with Crippen LogP contribution >= 0.6 is 0 Å². The number of hydrogen-bond acceptors (Lipinski definition) is 5. The Bertz CT molecular complexity index is 786. The molecular weight excluding hydrogens is 370 g/mol. The van der Waals surface area contributed by atoms with Gasteiger partial charge in [-0.1, -0.05) is 12.8 Å². The van der Waals surface area contributed by atoms with Crippen molar-refractivity contribution in [3.63, 3.8) is 0 Å². The third-order valence-electron chi connectivity index (χ3n) is 4.40. The number of carbonyl (C=O) groups excluding carboxylic acids is 1. The van der Waals surface area contributed by atoms with E-state index in [1.54, 1.807) is 0 Å². The second-order valence-electron chi connectivity index (χ2n) is 6.18. The summed E-state index contributed by atoms with van der Waals surface area (Å²) in [6.45, 7) is 1.07. The zero-order chi connectivity index (χ0) is 20.2. The van der Waals surface area contributed by atoms with Gasteiger partial charge in [-0.25, -0.2) is 22.4 Å². The SMILES string of the molecule is CCOC(=O)C(C=NC1(CO)CCCC1)=C(O)c1cc(F)c(F)c(F)c1F. The van der Waals surface area contributed by atoms with Crippen molar-refractivity contribution in [3.8, 4) is 0 Å². The second kappa shape index (κ2) is 8.51. The Morgan fingerprint density at radius 1 is 1.22 bits per heavy atom. The van der Waals surface area contributed by atoms with Crippen LogP contribution in [0.25, 0.3) is 5.76 Å². The molecule has 0 amide bonds. The third kappa shape index (κ3) is 4.29. The van der Waals surface area contributed by atoms with Gasteiger partial charge in [-0.15, -0.1) is 0 Å². The molecule has 1 aliphatic rings. The predicted octanol–water partition coefficient (Wildman–Crippen LogP) is 3.45. The van der Waals surface area contributed by atoms with Crippen LogP contribution in [0.5, 0.6) is 0 Å². The molecule has 0 spiro atoms. The van der Waals surface area contributed by atoms with Gasteiger partial charge in [0.25, 0.3) is 0 Å². The minimum atomic E-state index is -2.13. The molecule has 0 aliphatic heterocycles. The van der Waals surface area contributed by atoms with Crippen LogP contribution in [0.4, 0.5) is 17.6 Å². The number of aliphatic imine (C=N–C) groups is 1. The normalized spacial score (nSPS) is 17.3. The highest BCUT2D eigenvalue weighted by atomic mass is 19.2. The molecule has 0 heterocycles. The summed E-state index contributed by atoms with van der Waals surface area (Å²) in [6.07, 6.45) is 3.54. The Kier molecular flexibility index (Phi) is 6.59. The van der Waals surface area contributed by atoms with E-state index in [4.69, 9.17) is 4.74 Å². The van der Waals surface area contributed by atoms with E-state index in [1.165, 1.54) is 6.92 Å². The van der Waals surface area contributed by atoms with Crippen molar-refractivity contribution in [1.82, 2.24) is 0 Å². The fourth-order valence-corrected chi connectivity index (χ4v) is 2.87. The zero-order valence-corrected chi connectivity index (χ0v) is 14.6. The van der Waals surface area contributed by atoms with E-state index >= 15 is 0 Å². The fourth-order valence-electron chi connectivity index (χ4n) is 2.87. The van der Waals surface area contributed by atoms with E-state index < -0.39 is 51.7 Å². The van der Waals surface area contributed by atoms with Crippen LogP contribution in [-0.2, 0) is 9.53 Å². The standard InChI is InChI=1S/C18H19F4NO4/c1-2-27-17(26)11(8-23-18(9-24)5-3-4-6-18)16(25)10-7-12(19)14(21)15(22)13(10)20/h7-8,24-25H,2-6,9H2,1H3. The third-order valence-corrected chi connectivity index (χ3v) is 4.40. The number of halogens is 4. The molecule has 0 atom stereocenters. The molecule has 0 bridgehead atoms. The maximum atomic E-state index is 14.0. The Hall–Kier alpha value is -2.42. The summed E-state index contributed by atoms with van der Waals surface area (Å²) >= 11 is 0. The highest BCUT2D eigenvalue weighted by Gasteiger charge is 2.33. The van der Waals surface area contributed by atoms with Gasteiger partial charge in [-0.2, -0.15) is 0 Å². The lowest BCUT2D eigenvalue weighted by atomic mass is 10.00. The van der Waals surface area contributed by atoms with E-state index in [2.05, 4.69) is 4.99 Å². The lowest BCUT2D eigenvalue weighted by molar-refractivity contribution is -0.137. The average Bonchev–Trinajstić information content (AvgIpc) is 3.12. The molecule has 148 valence electrons. The summed E-state index contributed by atoms with van der Waals surface area (Å²) in [4.78, 5) is 16.3. The Morgan fingerprint density at radius 3 is 2.41 bits per heavy atom. The Labute approximate surface area is 153 Å².